The predicted octanol–water partition coefficient (Wildman–Crippen LogP) is 4.36. The fourth-order valence-electron chi connectivity index (χ4n) is 4.82. The normalized spacial score (nSPS) is 23.6. The number of carbonyl (C=O) groups excluding carboxylic acids is 2. The second kappa shape index (κ2) is 7.02. The van der Waals surface area contributed by atoms with Gasteiger partial charge in [-0.05, 0) is 60.5 Å². The first-order valence-electron chi connectivity index (χ1n) is 10.2. The zero-order valence-corrected chi connectivity index (χ0v) is 17.1. The van der Waals surface area contributed by atoms with Crippen molar-refractivity contribution in [2.75, 3.05) is 6.61 Å². The maximum Gasteiger partial charge on any atom is 0.295 e. The Morgan fingerprint density at radius 1 is 1.21 bits per heavy atom. The highest BCUT2D eigenvalue weighted by Crippen LogP contribution is 2.46. The van der Waals surface area contributed by atoms with E-state index in [9.17, 15) is 14.7 Å². The Bertz CT molecular complexity index is 1030. The SMILES string of the molecule is Cc1ccsc1C1/C(=C(/O)c2ccc3c(c2)CCO3)C(=O)C(=O)N1C1CCCC1. The van der Waals surface area contributed by atoms with Crippen molar-refractivity contribution in [3.8, 4) is 5.75 Å². The summed E-state index contributed by atoms with van der Waals surface area (Å²) in [6.07, 6.45) is 4.72. The number of thiophene rings is 1. The molecule has 1 aliphatic carbocycles. The van der Waals surface area contributed by atoms with Gasteiger partial charge < -0.3 is 14.7 Å². The molecule has 1 atom stereocenters. The first-order valence-corrected chi connectivity index (χ1v) is 11.0. The summed E-state index contributed by atoms with van der Waals surface area (Å²) >= 11 is 1.54. The molecule has 3 heterocycles. The zero-order valence-electron chi connectivity index (χ0n) is 16.3. The van der Waals surface area contributed by atoms with E-state index in [4.69, 9.17) is 4.74 Å². The van der Waals surface area contributed by atoms with Gasteiger partial charge in [-0.25, -0.2) is 0 Å². The maximum atomic E-state index is 13.1. The minimum Gasteiger partial charge on any atom is -0.507 e. The molecular formula is C23H23NO4S. The van der Waals surface area contributed by atoms with Crippen molar-refractivity contribution in [2.24, 2.45) is 0 Å². The van der Waals surface area contributed by atoms with Crippen LogP contribution in [0.2, 0.25) is 0 Å². The van der Waals surface area contributed by atoms with Crippen molar-refractivity contribution in [1.29, 1.82) is 0 Å². The molecule has 150 valence electrons. The number of amides is 1. The molecule has 1 N–H and O–H groups in total. The number of Topliss-reactive ketones (excluding diaryl/α,β-unsaturated/α-hetero) is 1. The first kappa shape index (κ1) is 18.4. The Morgan fingerprint density at radius 3 is 2.72 bits per heavy atom. The summed E-state index contributed by atoms with van der Waals surface area (Å²) in [5.74, 6) is -0.334. The van der Waals surface area contributed by atoms with E-state index < -0.39 is 17.7 Å². The van der Waals surface area contributed by atoms with E-state index in [1.165, 1.54) is 11.3 Å². The molecule has 0 radical (unpaired) electrons. The number of rotatable bonds is 3. The van der Waals surface area contributed by atoms with Crippen LogP contribution >= 0.6 is 11.3 Å². The molecule has 1 unspecified atom stereocenters. The van der Waals surface area contributed by atoms with Gasteiger partial charge in [-0.2, -0.15) is 0 Å². The van der Waals surface area contributed by atoms with E-state index in [2.05, 4.69) is 0 Å². The van der Waals surface area contributed by atoms with Crippen LogP contribution in [-0.2, 0) is 16.0 Å². The monoisotopic (exact) mass is 409 g/mol. The lowest BCUT2D eigenvalue weighted by molar-refractivity contribution is -0.141. The van der Waals surface area contributed by atoms with Gasteiger partial charge >= 0.3 is 0 Å². The minimum atomic E-state index is -0.580. The van der Waals surface area contributed by atoms with Crippen LogP contribution < -0.4 is 4.74 Å². The van der Waals surface area contributed by atoms with Gasteiger partial charge in [0.2, 0.25) is 0 Å². The fourth-order valence-corrected chi connectivity index (χ4v) is 5.85. The molecule has 2 fully saturated rings. The largest absolute Gasteiger partial charge is 0.507 e. The van der Waals surface area contributed by atoms with E-state index in [1.54, 1.807) is 11.0 Å². The van der Waals surface area contributed by atoms with Crippen LogP contribution in [0.1, 0.15) is 53.3 Å². The molecule has 5 rings (SSSR count). The average Bonchev–Trinajstić information content (AvgIpc) is 3.49. The van der Waals surface area contributed by atoms with Crippen molar-refractivity contribution in [3.63, 3.8) is 0 Å². The molecule has 6 heteroatoms. The summed E-state index contributed by atoms with van der Waals surface area (Å²) in [5.41, 5.74) is 2.84. The molecule has 1 amide bonds. The number of likely N-dealkylation sites (tertiary alicyclic amines) is 1. The first-order chi connectivity index (χ1) is 14.1. The standard InChI is InChI=1S/C23H23NO4S/c1-13-9-11-29-22(13)19-18(21(26)23(27)24(19)16-4-2-3-5-16)20(25)15-6-7-17-14(12-15)8-10-28-17/h6-7,9,11-12,16,19,25H,2-5,8,10H2,1H3/b20-18-. The van der Waals surface area contributed by atoms with E-state index in [-0.39, 0.29) is 17.4 Å². The molecule has 0 bridgehead atoms. The molecule has 2 aliphatic heterocycles. The van der Waals surface area contributed by atoms with Crippen LogP contribution in [0.5, 0.6) is 5.75 Å². The van der Waals surface area contributed by atoms with Gasteiger partial charge in [-0.15, -0.1) is 11.3 Å². The van der Waals surface area contributed by atoms with Gasteiger partial charge in [0.05, 0.1) is 12.2 Å². The second-order valence-electron chi connectivity index (χ2n) is 8.03. The Morgan fingerprint density at radius 2 is 2.00 bits per heavy atom. The van der Waals surface area contributed by atoms with E-state index >= 15 is 0 Å². The van der Waals surface area contributed by atoms with Crippen LogP contribution in [-0.4, -0.2) is 34.3 Å². The summed E-state index contributed by atoms with van der Waals surface area (Å²) in [6, 6.07) is 7.01. The predicted molar refractivity (Wildman–Crippen MR) is 111 cm³/mol. The van der Waals surface area contributed by atoms with E-state index in [1.807, 2.05) is 30.5 Å². The molecule has 1 saturated heterocycles. The number of aliphatic hydroxyl groups is 1. The van der Waals surface area contributed by atoms with Crippen LogP contribution in [0.15, 0.2) is 35.2 Å². The molecule has 29 heavy (non-hydrogen) atoms. The Balaban J connectivity index is 1.66. The smallest absolute Gasteiger partial charge is 0.295 e. The molecule has 1 aromatic carbocycles. The van der Waals surface area contributed by atoms with Crippen LogP contribution in [0, 0.1) is 6.92 Å². The average molecular weight is 410 g/mol. The van der Waals surface area contributed by atoms with Crippen LogP contribution in [0.4, 0.5) is 0 Å². The van der Waals surface area contributed by atoms with Crippen molar-refractivity contribution < 1.29 is 19.4 Å². The number of carbonyl (C=O) groups is 2. The summed E-state index contributed by atoms with van der Waals surface area (Å²) in [7, 11) is 0. The highest BCUT2D eigenvalue weighted by molar-refractivity contribution is 7.10. The van der Waals surface area contributed by atoms with Crippen molar-refractivity contribution in [1.82, 2.24) is 4.90 Å². The molecule has 2 aromatic rings. The van der Waals surface area contributed by atoms with Gasteiger partial charge in [0, 0.05) is 22.9 Å². The highest BCUT2D eigenvalue weighted by atomic mass is 32.1. The number of hydrogen-bond donors (Lipinski definition) is 1. The lowest BCUT2D eigenvalue weighted by Gasteiger charge is -2.30. The van der Waals surface area contributed by atoms with Crippen LogP contribution in [0.3, 0.4) is 0 Å². The molecule has 0 spiro atoms. The number of aliphatic hydroxyl groups excluding tert-OH is 1. The number of nitrogens with zero attached hydrogens (tertiary/aromatic N) is 1. The summed E-state index contributed by atoms with van der Waals surface area (Å²) in [5, 5.41) is 13.2. The summed E-state index contributed by atoms with van der Waals surface area (Å²) in [6.45, 7) is 2.62. The fraction of sp³-hybridized carbons (Fsp3) is 0.391. The molecule has 1 aromatic heterocycles. The van der Waals surface area contributed by atoms with Gasteiger partial charge in [0.25, 0.3) is 11.7 Å². The second-order valence-corrected chi connectivity index (χ2v) is 8.98. The van der Waals surface area contributed by atoms with Crippen molar-refractivity contribution in [3.05, 3.63) is 56.8 Å². The lowest BCUT2D eigenvalue weighted by atomic mass is 9.96. The third-order valence-electron chi connectivity index (χ3n) is 6.31. The van der Waals surface area contributed by atoms with E-state index in [0.29, 0.717) is 12.2 Å². The Kier molecular flexibility index (Phi) is 4.46. The number of ether oxygens (including phenoxy) is 1. The van der Waals surface area contributed by atoms with E-state index in [0.717, 1.165) is 53.9 Å². The summed E-state index contributed by atoms with van der Waals surface area (Å²) in [4.78, 5) is 28.9. The van der Waals surface area contributed by atoms with Crippen molar-refractivity contribution >= 4 is 28.8 Å². The molecule has 1 saturated carbocycles. The third kappa shape index (κ3) is 2.89. The van der Waals surface area contributed by atoms with Crippen molar-refractivity contribution in [2.45, 2.75) is 51.1 Å². The zero-order chi connectivity index (χ0) is 20.1. The number of hydrogen-bond acceptors (Lipinski definition) is 5. The van der Waals surface area contributed by atoms with Gasteiger partial charge in [-0.1, -0.05) is 12.8 Å². The number of aryl methyl sites for hydroxylation is 1. The van der Waals surface area contributed by atoms with Gasteiger partial charge in [-0.3, -0.25) is 9.59 Å². The number of fused-ring (bicyclic) bond motifs is 1. The molecule has 3 aliphatic rings. The minimum absolute atomic E-state index is 0.0525. The Hall–Kier alpha value is -2.60. The Labute approximate surface area is 173 Å². The highest BCUT2D eigenvalue weighted by Gasteiger charge is 2.50. The van der Waals surface area contributed by atoms with Gasteiger partial charge in [0.1, 0.15) is 17.6 Å². The third-order valence-corrected chi connectivity index (χ3v) is 7.38. The van der Waals surface area contributed by atoms with Crippen LogP contribution in [0.25, 0.3) is 5.76 Å². The van der Waals surface area contributed by atoms with Gasteiger partial charge in [0.15, 0.2) is 0 Å². The quantitative estimate of drug-likeness (QED) is 0.465. The lowest BCUT2D eigenvalue weighted by Crippen LogP contribution is -2.37. The molecule has 5 nitrogen and oxygen atoms in total. The summed E-state index contributed by atoms with van der Waals surface area (Å²) < 4.78 is 5.55. The number of ketones is 1. The molecular weight excluding hydrogens is 386 g/mol. The maximum absolute atomic E-state index is 13.1. The topological polar surface area (TPSA) is 66.8 Å². The number of benzene rings is 1.